The van der Waals surface area contributed by atoms with Crippen molar-refractivity contribution < 1.29 is 14.3 Å². The zero-order chi connectivity index (χ0) is 13.1. The van der Waals surface area contributed by atoms with Gasteiger partial charge >= 0.3 is 5.97 Å². The number of hydrogen-bond donors (Lipinski definition) is 1. The summed E-state index contributed by atoms with van der Waals surface area (Å²) in [5.74, 6) is -2.13. The number of carbonyl (C=O) groups is 1. The maximum absolute atomic E-state index is 13.5. The summed E-state index contributed by atoms with van der Waals surface area (Å²) in [5.41, 5.74) is 1.00. The molecule has 0 aliphatic heterocycles. The molecule has 0 amide bonds. The van der Waals surface area contributed by atoms with E-state index in [0.29, 0.717) is 16.7 Å². The number of halogens is 1. The highest BCUT2D eigenvalue weighted by Crippen LogP contribution is 2.22. The van der Waals surface area contributed by atoms with Gasteiger partial charge in [-0.05, 0) is 23.8 Å². The molecule has 0 atom stereocenters. The van der Waals surface area contributed by atoms with Gasteiger partial charge in [-0.1, -0.05) is 6.07 Å². The zero-order valence-corrected chi connectivity index (χ0v) is 9.09. The van der Waals surface area contributed by atoms with Gasteiger partial charge in [0.05, 0.1) is 11.1 Å². The van der Waals surface area contributed by atoms with Crippen molar-refractivity contribution >= 4 is 5.97 Å². The molecule has 1 aromatic carbocycles. The molecule has 1 N–H and O–H groups in total. The molecule has 5 heteroatoms. The molecule has 1 heterocycles. The second-order valence-corrected chi connectivity index (χ2v) is 3.57. The second kappa shape index (κ2) is 4.63. The number of pyridine rings is 1. The van der Waals surface area contributed by atoms with E-state index in [-0.39, 0.29) is 5.56 Å². The normalized spacial score (nSPS) is 9.78. The summed E-state index contributed by atoms with van der Waals surface area (Å²) in [6.07, 6.45) is 2.88. The van der Waals surface area contributed by atoms with Gasteiger partial charge in [0.1, 0.15) is 11.9 Å². The summed E-state index contributed by atoms with van der Waals surface area (Å²) in [4.78, 5) is 14.5. The topological polar surface area (TPSA) is 74.0 Å². The van der Waals surface area contributed by atoms with Crippen molar-refractivity contribution in [2.45, 2.75) is 0 Å². The maximum Gasteiger partial charge on any atom is 0.338 e. The van der Waals surface area contributed by atoms with E-state index in [2.05, 4.69) is 4.98 Å². The monoisotopic (exact) mass is 242 g/mol. The molecule has 0 radical (unpaired) electrons. The Balaban J connectivity index is 2.49. The average Bonchev–Trinajstić information content (AvgIpc) is 2.38. The van der Waals surface area contributed by atoms with E-state index in [1.807, 2.05) is 6.07 Å². The molecule has 0 saturated heterocycles. The Morgan fingerprint density at radius 2 is 2.06 bits per heavy atom. The predicted octanol–water partition coefficient (Wildman–Crippen LogP) is 2.46. The standard InChI is InChI=1S/C13H7FN2O2/c14-12-4-9(1-2-11(12)13(17)18)10-3-8(5-15)6-16-7-10/h1-4,6-7H,(H,17,18). The van der Waals surface area contributed by atoms with Gasteiger partial charge < -0.3 is 5.11 Å². The maximum atomic E-state index is 13.5. The average molecular weight is 242 g/mol. The van der Waals surface area contributed by atoms with Crippen molar-refractivity contribution in [2.75, 3.05) is 0 Å². The highest BCUT2D eigenvalue weighted by Gasteiger charge is 2.11. The third-order valence-corrected chi connectivity index (χ3v) is 2.40. The number of nitriles is 1. The first kappa shape index (κ1) is 11.7. The number of rotatable bonds is 2. The first-order valence-electron chi connectivity index (χ1n) is 5.00. The lowest BCUT2D eigenvalue weighted by atomic mass is 10.0. The molecule has 2 rings (SSSR count). The molecule has 2 aromatic rings. The van der Waals surface area contributed by atoms with Crippen LogP contribution in [0.4, 0.5) is 4.39 Å². The van der Waals surface area contributed by atoms with Gasteiger partial charge in [0, 0.05) is 18.0 Å². The number of carboxylic acids is 1. The highest BCUT2D eigenvalue weighted by molar-refractivity contribution is 5.88. The van der Waals surface area contributed by atoms with Crippen molar-refractivity contribution in [3.05, 3.63) is 53.6 Å². The van der Waals surface area contributed by atoms with E-state index >= 15 is 0 Å². The summed E-state index contributed by atoms with van der Waals surface area (Å²) in [6.45, 7) is 0. The van der Waals surface area contributed by atoms with Crippen molar-refractivity contribution in [3.8, 4) is 17.2 Å². The third-order valence-electron chi connectivity index (χ3n) is 2.40. The van der Waals surface area contributed by atoms with E-state index in [0.717, 1.165) is 6.07 Å². The van der Waals surface area contributed by atoms with Gasteiger partial charge in [-0.2, -0.15) is 5.26 Å². The minimum absolute atomic E-state index is 0.357. The van der Waals surface area contributed by atoms with Crippen LogP contribution in [0.15, 0.2) is 36.7 Å². The molecular formula is C13H7FN2O2. The zero-order valence-electron chi connectivity index (χ0n) is 9.09. The molecule has 0 bridgehead atoms. The Bertz CT molecular complexity index is 662. The van der Waals surface area contributed by atoms with Gasteiger partial charge in [0.2, 0.25) is 0 Å². The van der Waals surface area contributed by atoms with Crippen LogP contribution in [0, 0.1) is 17.1 Å². The molecular weight excluding hydrogens is 235 g/mol. The van der Waals surface area contributed by atoms with Gasteiger partial charge in [-0.25, -0.2) is 9.18 Å². The van der Waals surface area contributed by atoms with Crippen molar-refractivity contribution in [1.82, 2.24) is 4.98 Å². The number of aromatic nitrogens is 1. The summed E-state index contributed by atoms with van der Waals surface area (Å²) in [5, 5.41) is 17.5. The van der Waals surface area contributed by atoms with Gasteiger partial charge in [0.15, 0.2) is 0 Å². The lowest BCUT2D eigenvalue weighted by Crippen LogP contribution is -2.00. The number of carboxylic acid groups (broad SMARTS) is 1. The van der Waals surface area contributed by atoms with E-state index < -0.39 is 11.8 Å². The first-order chi connectivity index (χ1) is 8.61. The molecule has 0 fully saturated rings. The van der Waals surface area contributed by atoms with Crippen LogP contribution in [0.5, 0.6) is 0 Å². The molecule has 1 aromatic heterocycles. The molecule has 0 saturated carbocycles. The predicted molar refractivity (Wildman–Crippen MR) is 61.3 cm³/mol. The van der Waals surface area contributed by atoms with Gasteiger partial charge in [0.25, 0.3) is 0 Å². The van der Waals surface area contributed by atoms with Crippen LogP contribution in [0.25, 0.3) is 11.1 Å². The van der Waals surface area contributed by atoms with Crippen LogP contribution in [0.1, 0.15) is 15.9 Å². The van der Waals surface area contributed by atoms with E-state index in [1.165, 1.54) is 24.5 Å². The van der Waals surface area contributed by atoms with Crippen molar-refractivity contribution in [2.24, 2.45) is 0 Å². The van der Waals surface area contributed by atoms with Crippen LogP contribution < -0.4 is 0 Å². The second-order valence-electron chi connectivity index (χ2n) is 3.57. The van der Waals surface area contributed by atoms with E-state index in [9.17, 15) is 9.18 Å². The molecule has 0 unspecified atom stereocenters. The molecule has 88 valence electrons. The van der Waals surface area contributed by atoms with Gasteiger partial charge in [-0.3, -0.25) is 4.98 Å². The number of aromatic carboxylic acids is 1. The summed E-state index contributed by atoms with van der Waals surface area (Å²) in [6, 6.07) is 7.26. The Kier molecular flexibility index (Phi) is 3.02. The molecule has 0 spiro atoms. The highest BCUT2D eigenvalue weighted by atomic mass is 19.1. The summed E-state index contributed by atoms with van der Waals surface area (Å²) < 4.78 is 13.5. The molecule has 0 aliphatic rings. The quantitative estimate of drug-likeness (QED) is 0.877. The van der Waals surface area contributed by atoms with Crippen LogP contribution in [0.3, 0.4) is 0 Å². The van der Waals surface area contributed by atoms with Crippen molar-refractivity contribution in [1.29, 1.82) is 5.26 Å². The smallest absolute Gasteiger partial charge is 0.338 e. The summed E-state index contributed by atoms with van der Waals surface area (Å²) in [7, 11) is 0. The minimum atomic E-state index is -1.32. The largest absolute Gasteiger partial charge is 0.478 e. The van der Waals surface area contributed by atoms with Crippen LogP contribution in [0.2, 0.25) is 0 Å². The van der Waals surface area contributed by atoms with Crippen LogP contribution in [-0.4, -0.2) is 16.1 Å². The Hall–Kier alpha value is -2.74. The summed E-state index contributed by atoms with van der Waals surface area (Å²) >= 11 is 0. The third kappa shape index (κ3) is 2.18. The fourth-order valence-electron chi connectivity index (χ4n) is 1.53. The van der Waals surface area contributed by atoms with Crippen molar-refractivity contribution in [3.63, 3.8) is 0 Å². The minimum Gasteiger partial charge on any atom is -0.478 e. The fourth-order valence-corrected chi connectivity index (χ4v) is 1.53. The molecule has 18 heavy (non-hydrogen) atoms. The van der Waals surface area contributed by atoms with Crippen LogP contribution in [-0.2, 0) is 0 Å². The van der Waals surface area contributed by atoms with E-state index in [1.54, 1.807) is 6.07 Å². The molecule has 4 nitrogen and oxygen atoms in total. The Labute approximate surface area is 102 Å². The van der Waals surface area contributed by atoms with E-state index in [4.69, 9.17) is 10.4 Å². The van der Waals surface area contributed by atoms with Gasteiger partial charge in [-0.15, -0.1) is 0 Å². The Morgan fingerprint density at radius 1 is 1.28 bits per heavy atom. The number of nitrogens with zero attached hydrogens (tertiary/aromatic N) is 2. The van der Waals surface area contributed by atoms with Crippen LogP contribution >= 0.6 is 0 Å². The fraction of sp³-hybridized carbons (Fsp3) is 0. The SMILES string of the molecule is N#Cc1cncc(-c2ccc(C(=O)O)c(F)c2)c1. The first-order valence-corrected chi connectivity index (χ1v) is 5.00. The Morgan fingerprint density at radius 3 is 2.67 bits per heavy atom. The number of hydrogen-bond acceptors (Lipinski definition) is 3. The lowest BCUT2D eigenvalue weighted by molar-refractivity contribution is 0.0692. The molecule has 0 aliphatic carbocycles. The number of benzene rings is 1. The lowest BCUT2D eigenvalue weighted by Gasteiger charge is -2.03.